The fourth-order valence-electron chi connectivity index (χ4n) is 1.06. The van der Waals surface area contributed by atoms with Crippen LogP contribution >= 0.6 is 0 Å². The molecular weight excluding hydrogens is 116 g/mol. The van der Waals surface area contributed by atoms with Crippen LogP contribution in [0.15, 0.2) is 0 Å². The highest BCUT2D eigenvalue weighted by molar-refractivity contribution is 4.73. The van der Waals surface area contributed by atoms with Crippen LogP contribution in [0.3, 0.4) is 0 Å². The topological polar surface area (TPSA) is 29.5 Å². The van der Waals surface area contributed by atoms with Crippen molar-refractivity contribution in [1.82, 2.24) is 0 Å². The number of aliphatic hydroxyl groups is 1. The molecule has 2 nitrogen and oxygen atoms in total. The molecule has 1 rings (SSSR count). The van der Waals surface area contributed by atoms with E-state index in [0.29, 0.717) is 18.4 Å². The molecule has 1 unspecified atom stereocenters. The molecule has 0 amide bonds. The van der Waals surface area contributed by atoms with E-state index in [9.17, 15) is 5.11 Å². The second-order valence-corrected chi connectivity index (χ2v) is 2.94. The Morgan fingerprint density at radius 1 is 1.33 bits per heavy atom. The van der Waals surface area contributed by atoms with Gasteiger partial charge in [0.15, 0.2) is 0 Å². The first-order chi connectivity index (χ1) is 4.22. The van der Waals surface area contributed by atoms with E-state index in [1.54, 1.807) is 0 Å². The molecule has 0 radical (unpaired) electrons. The van der Waals surface area contributed by atoms with Gasteiger partial charge < -0.3 is 9.84 Å². The van der Waals surface area contributed by atoms with Crippen molar-refractivity contribution >= 4 is 0 Å². The SMILES string of the molecule is CC1COC[C@H](O)[C@@H]1C. The monoisotopic (exact) mass is 130 g/mol. The van der Waals surface area contributed by atoms with Gasteiger partial charge >= 0.3 is 0 Å². The maximum absolute atomic E-state index is 9.22. The van der Waals surface area contributed by atoms with Gasteiger partial charge in [-0.05, 0) is 11.8 Å². The molecule has 0 aliphatic carbocycles. The molecule has 0 aromatic heterocycles. The van der Waals surface area contributed by atoms with Gasteiger partial charge in [0.2, 0.25) is 0 Å². The summed E-state index contributed by atoms with van der Waals surface area (Å²) in [6.45, 7) is 5.49. The molecule has 1 saturated heterocycles. The van der Waals surface area contributed by atoms with E-state index in [4.69, 9.17) is 4.74 Å². The molecule has 0 bridgehead atoms. The Kier molecular flexibility index (Phi) is 2.09. The smallest absolute Gasteiger partial charge is 0.0802 e. The van der Waals surface area contributed by atoms with Crippen LogP contribution in [0.25, 0.3) is 0 Å². The van der Waals surface area contributed by atoms with Crippen LogP contribution in [0.1, 0.15) is 13.8 Å². The average Bonchev–Trinajstić information content (AvgIpc) is 1.83. The molecule has 1 aliphatic rings. The fourth-order valence-corrected chi connectivity index (χ4v) is 1.06. The van der Waals surface area contributed by atoms with Crippen LogP contribution in [0.4, 0.5) is 0 Å². The van der Waals surface area contributed by atoms with Gasteiger partial charge in [-0.25, -0.2) is 0 Å². The molecule has 1 N–H and O–H groups in total. The molecule has 1 fully saturated rings. The molecule has 0 aromatic carbocycles. The summed E-state index contributed by atoms with van der Waals surface area (Å²) in [6.07, 6.45) is -0.242. The third kappa shape index (κ3) is 1.43. The fraction of sp³-hybridized carbons (Fsp3) is 1.00. The van der Waals surface area contributed by atoms with Crippen LogP contribution in [-0.4, -0.2) is 24.4 Å². The molecule has 3 atom stereocenters. The summed E-state index contributed by atoms with van der Waals surface area (Å²) in [7, 11) is 0. The normalized spacial score (nSPS) is 45.0. The summed E-state index contributed by atoms with van der Waals surface area (Å²) >= 11 is 0. The molecule has 54 valence electrons. The summed E-state index contributed by atoms with van der Waals surface area (Å²) in [5.74, 6) is 0.910. The summed E-state index contributed by atoms with van der Waals surface area (Å²) < 4.78 is 5.11. The second-order valence-electron chi connectivity index (χ2n) is 2.94. The van der Waals surface area contributed by atoms with Crippen LogP contribution in [-0.2, 0) is 4.74 Å². The Morgan fingerprint density at radius 2 is 2.00 bits per heavy atom. The molecule has 0 spiro atoms. The molecule has 0 aromatic rings. The van der Waals surface area contributed by atoms with E-state index < -0.39 is 0 Å². The second kappa shape index (κ2) is 2.67. The van der Waals surface area contributed by atoms with Crippen LogP contribution in [0, 0.1) is 11.8 Å². The zero-order valence-corrected chi connectivity index (χ0v) is 6.00. The third-order valence-corrected chi connectivity index (χ3v) is 2.17. The third-order valence-electron chi connectivity index (χ3n) is 2.17. The molecule has 1 aliphatic heterocycles. The first-order valence-corrected chi connectivity index (χ1v) is 3.47. The lowest BCUT2D eigenvalue weighted by Crippen LogP contribution is -2.36. The van der Waals surface area contributed by atoms with E-state index in [1.165, 1.54) is 0 Å². The summed E-state index contributed by atoms with van der Waals surface area (Å²) in [5, 5.41) is 9.22. The number of hydrogen-bond donors (Lipinski definition) is 1. The van der Waals surface area contributed by atoms with Gasteiger partial charge in [-0.2, -0.15) is 0 Å². The first kappa shape index (κ1) is 7.03. The van der Waals surface area contributed by atoms with Crippen molar-refractivity contribution in [2.45, 2.75) is 20.0 Å². The van der Waals surface area contributed by atoms with E-state index in [2.05, 4.69) is 13.8 Å². The quantitative estimate of drug-likeness (QED) is 0.521. The summed E-state index contributed by atoms with van der Waals surface area (Å²) in [4.78, 5) is 0. The van der Waals surface area contributed by atoms with Gasteiger partial charge in [-0.15, -0.1) is 0 Å². The van der Waals surface area contributed by atoms with Gasteiger partial charge in [-0.1, -0.05) is 13.8 Å². The largest absolute Gasteiger partial charge is 0.390 e. The Labute approximate surface area is 55.8 Å². The van der Waals surface area contributed by atoms with Crippen molar-refractivity contribution in [2.75, 3.05) is 13.2 Å². The zero-order chi connectivity index (χ0) is 6.85. The van der Waals surface area contributed by atoms with E-state index in [1.807, 2.05) is 0 Å². The molecule has 9 heavy (non-hydrogen) atoms. The highest BCUT2D eigenvalue weighted by atomic mass is 16.5. The van der Waals surface area contributed by atoms with Gasteiger partial charge in [0.05, 0.1) is 12.7 Å². The average molecular weight is 130 g/mol. The highest BCUT2D eigenvalue weighted by Gasteiger charge is 2.25. The Morgan fingerprint density at radius 3 is 2.44 bits per heavy atom. The number of hydrogen-bond acceptors (Lipinski definition) is 2. The molecule has 0 saturated carbocycles. The molecular formula is C7H14O2. The van der Waals surface area contributed by atoms with Gasteiger partial charge in [0.25, 0.3) is 0 Å². The lowest BCUT2D eigenvalue weighted by atomic mass is 9.90. The van der Waals surface area contributed by atoms with E-state index >= 15 is 0 Å². The summed E-state index contributed by atoms with van der Waals surface area (Å²) in [6, 6.07) is 0. The minimum atomic E-state index is -0.242. The summed E-state index contributed by atoms with van der Waals surface area (Å²) in [5.41, 5.74) is 0. The standard InChI is InChI=1S/C7H14O2/c1-5-3-9-4-7(8)6(5)2/h5-8H,3-4H2,1-2H3/t5?,6-,7+/m1/s1. The Balaban J connectivity index is 2.41. The predicted molar refractivity (Wildman–Crippen MR) is 35.2 cm³/mol. The van der Waals surface area contributed by atoms with Crippen molar-refractivity contribution in [3.63, 3.8) is 0 Å². The van der Waals surface area contributed by atoms with Crippen molar-refractivity contribution < 1.29 is 9.84 Å². The highest BCUT2D eigenvalue weighted by Crippen LogP contribution is 2.20. The van der Waals surface area contributed by atoms with Crippen molar-refractivity contribution in [3.05, 3.63) is 0 Å². The molecule has 2 heteroatoms. The van der Waals surface area contributed by atoms with Gasteiger partial charge in [0.1, 0.15) is 0 Å². The minimum Gasteiger partial charge on any atom is -0.390 e. The van der Waals surface area contributed by atoms with Crippen molar-refractivity contribution in [1.29, 1.82) is 0 Å². The lowest BCUT2D eigenvalue weighted by molar-refractivity contribution is -0.0677. The zero-order valence-electron chi connectivity index (χ0n) is 6.00. The van der Waals surface area contributed by atoms with E-state index in [0.717, 1.165) is 6.61 Å². The van der Waals surface area contributed by atoms with E-state index in [-0.39, 0.29) is 6.10 Å². The first-order valence-electron chi connectivity index (χ1n) is 3.47. The van der Waals surface area contributed by atoms with Crippen molar-refractivity contribution in [2.24, 2.45) is 11.8 Å². The maximum Gasteiger partial charge on any atom is 0.0802 e. The number of ether oxygens (including phenoxy) is 1. The van der Waals surface area contributed by atoms with Crippen LogP contribution < -0.4 is 0 Å². The van der Waals surface area contributed by atoms with Gasteiger partial charge in [-0.3, -0.25) is 0 Å². The maximum atomic E-state index is 9.22. The predicted octanol–water partition coefficient (Wildman–Crippen LogP) is 0.650. The Bertz CT molecular complexity index is 82.9. The van der Waals surface area contributed by atoms with Gasteiger partial charge in [0, 0.05) is 6.61 Å². The van der Waals surface area contributed by atoms with Crippen LogP contribution in [0.2, 0.25) is 0 Å². The van der Waals surface area contributed by atoms with Crippen LogP contribution in [0.5, 0.6) is 0 Å². The number of aliphatic hydroxyl groups excluding tert-OH is 1. The lowest BCUT2D eigenvalue weighted by Gasteiger charge is -2.30. The van der Waals surface area contributed by atoms with Crippen molar-refractivity contribution in [3.8, 4) is 0 Å². The minimum absolute atomic E-state index is 0.242. The number of rotatable bonds is 0. The Hall–Kier alpha value is -0.0800. The molecule has 1 heterocycles.